The number of rotatable bonds is 4. The van der Waals surface area contributed by atoms with Gasteiger partial charge in [0, 0.05) is 24.7 Å². The van der Waals surface area contributed by atoms with E-state index in [2.05, 4.69) is 5.32 Å². The van der Waals surface area contributed by atoms with Gasteiger partial charge in [-0.1, -0.05) is 0 Å². The zero-order valence-corrected chi connectivity index (χ0v) is 8.80. The first-order chi connectivity index (χ1) is 6.39. The summed E-state index contributed by atoms with van der Waals surface area (Å²) in [5.74, 6) is 0.0794. The second-order valence-corrected chi connectivity index (χ2v) is 5.40. The Balaban J connectivity index is 2.42. The van der Waals surface area contributed by atoms with Crippen molar-refractivity contribution in [1.82, 2.24) is 5.32 Å². The van der Waals surface area contributed by atoms with Crippen LogP contribution in [0.25, 0.3) is 0 Å². The molecule has 0 amide bonds. The van der Waals surface area contributed by atoms with E-state index in [1.165, 1.54) is 13.0 Å². The van der Waals surface area contributed by atoms with Crippen molar-refractivity contribution in [2.24, 2.45) is 5.14 Å². The molecule has 1 atom stereocenters. The highest BCUT2D eigenvalue weighted by atomic mass is 32.2. The van der Waals surface area contributed by atoms with Gasteiger partial charge in [-0.05, 0) is 13.3 Å². The molecule has 3 N–H and O–H groups in total. The Hall–Kier alpha value is -0.880. The lowest BCUT2D eigenvalue weighted by Crippen LogP contribution is -2.34. The van der Waals surface area contributed by atoms with E-state index in [4.69, 9.17) is 5.14 Å². The molecule has 1 aliphatic rings. The molecule has 0 radical (unpaired) electrons. The second kappa shape index (κ2) is 4.10. The normalized spacial score (nSPS) is 19.3. The molecule has 0 spiro atoms. The third-order valence-corrected chi connectivity index (χ3v) is 3.44. The third-order valence-electron chi connectivity index (χ3n) is 2.15. The minimum absolute atomic E-state index is 0.0794. The fourth-order valence-corrected chi connectivity index (χ4v) is 1.44. The minimum atomic E-state index is -3.48. The van der Waals surface area contributed by atoms with E-state index in [1.807, 2.05) is 0 Å². The fraction of sp³-hybridized carbons (Fsp3) is 0.625. The molecular weight excluding hydrogens is 204 g/mol. The summed E-state index contributed by atoms with van der Waals surface area (Å²) >= 11 is 0. The molecule has 0 bridgehead atoms. The van der Waals surface area contributed by atoms with E-state index in [9.17, 15) is 13.2 Å². The van der Waals surface area contributed by atoms with Crippen LogP contribution in [-0.2, 0) is 14.8 Å². The zero-order chi connectivity index (χ0) is 10.8. The molecule has 6 heteroatoms. The van der Waals surface area contributed by atoms with E-state index in [0.29, 0.717) is 12.8 Å². The second-order valence-electron chi connectivity index (χ2n) is 3.42. The van der Waals surface area contributed by atoms with Gasteiger partial charge in [0.05, 0.1) is 5.25 Å². The maximum Gasteiger partial charge on any atom is 0.213 e. The Kier molecular flexibility index (Phi) is 3.28. The summed E-state index contributed by atoms with van der Waals surface area (Å²) in [7, 11) is -3.48. The Morgan fingerprint density at radius 3 is 2.64 bits per heavy atom. The number of nitrogens with two attached hydrogens (primary N) is 1. The van der Waals surface area contributed by atoms with Crippen LogP contribution in [-0.4, -0.2) is 26.0 Å². The van der Waals surface area contributed by atoms with Crippen LogP contribution in [0.1, 0.15) is 19.8 Å². The average molecular weight is 218 g/mol. The lowest BCUT2D eigenvalue weighted by molar-refractivity contribution is -0.114. The highest BCUT2D eigenvalue weighted by molar-refractivity contribution is 7.89. The molecule has 0 fully saturated rings. The molecule has 0 saturated heterocycles. The van der Waals surface area contributed by atoms with Crippen LogP contribution in [0.5, 0.6) is 0 Å². The maximum absolute atomic E-state index is 10.9. The van der Waals surface area contributed by atoms with E-state index in [-0.39, 0.29) is 12.3 Å². The number of ketones is 1. The van der Waals surface area contributed by atoms with E-state index in [0.717, 1.165) is 5.70 Å². The van der Waals surface area contributed by atoms with E-state index in [1.54, 1.807) is 0 Å². The van der Waals surface area contributed by atoms with Crippen LogP contribution in [0.4, 0.5) is 0 Å². The van der Waals surface area contributed by atoms with Gasteiger partial charge in [-0.3, -0.25) is 4.79 Å². The average Bonchev–Trinajstić information content (AvgIpc) is 2.45. The fourth-order valence-electron chi connectivity index (χ4n) is 1.13. The van der Waals surface area contributed by atoms with Gasteiger partial charge in [-0.25, -0.2) is 13.6 Å². The molecule has 14 heavy (non-hydrogen) atoms. The lowest BCUT2D eigenvalue weighted by Gasteiger charge is -2.11. The molecule has 0 saturated carbocycles. The van der Waals surface area contributed by atoms with Crippen LogP contribution in [0.2, 0.25) is 0 Å². The number of nitrogens with one attached hydrogen (secondary N) is 1. The first-order valence-corrected chi connectivity index (χ1v) is 5.99. The molecule has 0 aromatic heterocycles. The van der Waals surface area contributed by atoms with Gasteiger partial charge in [0.2, 0.25) is 10.0 Å². The highest BCUT2D eigenvalue weighted by Crippen LogP contribution is 2.11. The molecule has 80 valence electrons. The van der Waals surface area contributed by atoms with Crippen molar-refractivity contribution in [2.75, 3.05) is 6.54 Å². The summed E-state index contributed by atoms with van der Waals surface area (Å²) in [6.45, 7) is 1.78. The molecule has 0 aliphatic heterocycles. The number of sulfonamides is 1. The topological polar surface area (TPSA) is 89.3 Å². The molecule has 0 aromatic rings. The molecular formula is C8H14N2O3S. The van der Waals surface area contributed by atoms with Gasteiger partial charge in [-0.2, -0.15) is 0 Å². The van der Waals surface area contributed by atoms with Crippen molar-refractivity contribution in [3.63, 3.8) is 0 Å². The minimum Gasteiger partial charge on any atom is -0.387 e. The summed E-state index contributed by atoms with van der Waals surface area (Å²) in [5, 5.41) is 7.20. The molecule has 5 nitrogen and oxygen atoms in total. The largest absolute Gasteiger partial charge is 0.387 e. The van der Waals surface area contributed by atoms with E-state index < -0.39 is 15.3 Å². The Labute approximate surface area is 83.4 Å². The summed E-state index contributed by atoms with van der Waals surface area (Å²) < 4.78 is 21.7. The van der Waals surface area contributed by atoms with Crippen molar-refractivity contribution < 1.29 is 13.2 Å². The van der Waals surface area contributed by atoms with Crippen LogP contribution in [0.15, 0.2) is 11.8 Å². The number of carbonyl (C=O) groups excluding carboxylic acids is 1. The van der Waals surface area contributed by atoms with Crippen molar-refractivity contribution in [2.45, 2.75) is 25.0 Å². The number of allylic oxidation sites excluding steroid dienone is 2. The molecule has 1 rings (SSSR count). The SMILES string of the molecule is CC(CNC1=CC(=O)CC1)S(N)(=O)=O. The first-order valence-electron chi connectivity index (χ1n) is 4.38. The van der Waals surface area contributed by atoms with Crippen LogP contribution in [0, 0.1) is 0 Å². The summed E-state index contributed by atoms with van der Waals surface area (Å²) in [6.07, 6.45) is 2.68. The molecule has 0 heterocycles. The maximum atomic E-state index is 10.9. The van der Waals surface area contributed by atoms with Crippen LogP contribution >= 0.6 is 0 Å². The third kappa shape index (κ3) is 3.12. The highest BCUT2D eigenvalue weighted by Gasteiger charge is 2.17. The summed E-state index contributed by atoms with van der Waals surface area (Å²) in [6, 6.07) is 0. The summed E-state index contributed by atoms with van der Waals surface area (Å²) in [5.41, 5.74) is 0.797. The van der Waals surface area contributed by atoms with E-state index >= 15 is 0 Å². The number of hydrogen-bond donors (Lipinski definition) is 2. The van der Waals surface area contributed by atoms with Gasteiger partial charge in [0.15, 0.2) is 5.78 Å². The van der Waals surface area contributed by atoms with Gasteiger partial charge >= 0.3 is 0 Å². The molecule has 1 unspecified atom stereocenters. The number of carbonyl (C=O) groups is 1. The van der Waals surface area contributed by atoms with Crippen molar-refractivity contribution in [1.29, 1.82) is 0 Å². The quantitative estimate of drug-likeness (QED) is 0.665. The van der Waals surface area contributed by atoms with Crippen molar-refractivity contribution >= 4 is 15.8 Å². The zero-order valence-electron chi connectivity index (χ0n) is 7.99. The van der Waals surface area contributed by atoms with Gasteiger partial charge in [0.25, 0.3) is 0 Å². The van der Waals surface area contributed by atoms with Crippen LogP contribution < -0.4 is 10.5 Å². The standard InChI is InChI=1S/C8H14N2O3S/c1-6(14(9,12)13)5-10-7-2-3-8(11)4-7/h4,6,10H,2-3,5H2,1H3,(H2,9,12,13). The number of primary sulfonamides is 1. The van der Waals surface area contributed by atoms with Crippen LogP contribution in [0.3, 0.4) is 0 Å². The monoisotopic (exact) mass is 218 g/mol. The van der Waals surface area contributed by atoms with Gasteiger partial charge in [0.1, 0.15) is 0 Å². The Morgan fingerprint density at radius 1 is 1.57 bits per heavy atom. The Bertz CT molecular complexity index is 359. The van der Waals surface area contributed by atoms with Crippen molar-refractivity contribution in [3.05, 3.63) is 11.8 Å². The lowest BCUT2D eigenvalue weighted by atomic mass is 10.3. The van der Waals surface area contributed by atoms with Gasteiger partial charge in [-0.15, -0.1) is 0 Å². The smallest absolute Gasteiger partial charge is 0.213 e. The van der Waals surface area contributed by atoms with Crippen molar-refractivity contribution in [3.8, 4) is 0 Å². The predicted molar refractivity (Wildman–Crippen MR) is 52.9 cm³/mol. The molecule has 1 aliphatic carbocycles. The summed E-state index contributed by atoms with van der Waals surface area (Å²) in [4.78, 5) is 10.8. The first kappa shape index (κ1) is 11.2. The van der Waals surface area contributed by atoms with Gasteiger partial charge < -0.3 is 5.32 Å². The predicted octanol–water partition coefficient (Wildman–Crippen LogP) is -0.500. The Morgan fingerprint density at radius 2 is 2.21 bits per heavy atom. The molecule has 0 aromatic carbocycles. The number of hydrogen-bond acceptors (Lipinski definition) is 4.